The first-order valence-electron chi connectivity index (χ1n) is 9.96. The summed E-state index contributed by atoms with van der Waals surface area (Å²) in [5.74, 6) is -2.23. The van der Waals surface area contributed by atoms with E-state index in [-0.39, 0.29) is 11.7 Å². The van der Waals surface area contributed by atoms with Gasteiger partial charge in [-0.1, -0.05) is 37.2 Å². The molecule has 33 heavy (non-hydrogen) atoms. The van der Waals surface area contributed by atoms with Crippen molar-refractivity contribution < 1.29 is 24.0 Å². The van der Waals surface area contributed by atoms with Gasteiger partial charge in [-0.2, -0.15) is 5.26 Å². The minimum atomic E-state index is -1.14. The van der Waals surface area contributed by atoms with Crippen molar-refractivity contribution in [2.45, 2.75) is 19.9 Å². The van der Waals surface area contributed by atoms with Crippen LogP contribution >= 0.6 is 0 Å². The molecule has 0 radical (unpaired) electrons. The van der Waals surface area contributed by atoms with Crippen molar-refractivity contribution in [2.75, 3.05) is 10.6 Å². The summed E-state index contributed by atoms with van der Waals surface area (Å²) in [6, 6.07) is 15.1. The number of aliphatic carboxylic acids is 1. The summed E-state index contributed by atoms with van der Waals surface area (Å²) in [5, 5.41) is 29.7. The first-order valence-corrected chi connectivity index (χ1v) is 9.96. The van der Waals surface area contributed by atoms with Crippen LogP contribution in [0.25, 0.3) is 11.3 Å². The lowest BCUT2D eigenvalue weighted by atomic mass is 10.0. The number of rotatable bonds is 7. The molecule has 0 saturated carbocycles. The number of nitrogens with one attached hydrogen (secondary N) is 3. The van der Waals surface area contributed by atoms with Crippen LogP contribution in [0.3, 0.4) is 0 Å². The molecule has 1 heterocycles. The zero-order valence-electron chi connectivity index (χ0n) is 17.8. The molecule has 0 aliphatic carbocycles. The number of nitriles is 1. The van der Waals surface area contributed by atoms with E-state index in [0.29, 0.717) is 28.2 Å². The van der Waals surface area contributed by atoms with Crippen LogP contribution in [0.2, 0.25) is 0 Å². The second-order valence-electron chi connectivity index (χ2n) is 7.46. The van der Waals surface area contributed by atoms with Crippen molar-refractivity contribution in [3.63, 3.8) is 0 Å². The van der Waals surface area contributed by atoms with Crippen molar-refractivity contribution in [3.05, 3.63) is 65.9 Å². The number of nitrogens with zero attached hydrogens (tertiary/aromatic N) is 2. The average Bonchev–Trinajstić information content (AvgIpc) is 3.28. The molecule has 4 N–H and O–H groups in total. The molecule has 168 valence electrons. The lowest BCUT2D eigenvalue weighted by Gasteiger charge is -2.16. The van der Waals surface area contributed by atoms with Crippen molar-refractivity contribution in [1.82, 2.24) is 10.5 Å². The van der Waals surface area contributed by atoms with Gasteiger partial charge < -0.3 is 25.6 Å². The Kier molecular flexibility index (Phi) is 7.05. The third-order valence-corrected chi connectivity index (χ3v) is 4.64. The minimum absolute atomic E-state index is 0.113. The van der Waals surface area contributed by atoms with Crippen LogP contribution < -0.4 is 16.0 Å². The number of urea groups is 1. The molecular weight excluding hydrogens is 426 g/mol. The fourth-order valence-electron chi connectivity index (χ4n) is 2.93. The highest BCUT2D eigenvalue weighted by atomic mass is 16.5. The summed E-state index contributed by atoms with van der Waals surface area (Å²) in [5.41, 5.74) is 2.43. The molecule has 3 amide bonds. The smallest absolute Gasteiger partial charge is 0.326 e. The summed E-state index contributed by atoms with van der Waals surface area (Å²) < 4.78 is 5.06. The van der Waals surface area contributed by atoms with Gasteiger partial charge in [0.05, 0.1) is 11.6 Å². The van der Waals surface area contributed by atoms with E-state index in [2.05, 4.69) is 21.1 Å². The monoisotopic (exact) mass is 447 g/mol. The predicted octanol–water partition coefficient (Wildman–Crippen LogP) is 3.70. The maximum absolute atomic E-state index is 12.3. The zero-order chi connectivity index (χ0) is 24.0. The zero-order valence-corrected chi connectivity index (χ0v) is 17.8. The Hall–Kier alpha value is -4.65. The molecule has 3 aromatic rings. The molecule has 0 unspecified atom stereocenters. The molecule has 2 aromatic carbocycles. The second kappa shape index (κ2) is 10.1. The van der Waals surface area contributed by atoms with Gasteiger partial charge >= 0.3 is 12.0 Å². The standard InChI is InChI=1S/C23H21N5O5/c1-13(2)20(22(30)31)27-21(29)19-11-18(28-33-19)15-6-8-16(9-7-15)25-23(32)26-17-5-3-4-14(10-17)12-24/h3-11,13,20H,1-2H3,(H,27,29)(H,30,31)(H2,25,26,32)/t20-/m1/s1. The van der Waals surface area contributed by atoms with E-state index in [4.69, 9.17) is 9.78 Å². The highest BCUT2D eigenvalue weighted by Gasteiger charge is 2.25. The first kappa shape index (κ1) is 23.0. The van der Waals surface area contributed by atoms with Gasteiger partial charge in [0.15, 0.2) is 0 Å². The SMILES string of the molecule is CC(C)[C@@H](NC(=O)c1cc(-c2ccc(NC(=O)Nc3cccc(C#N)c3)cc2)no1)C(=O)O. The van der Waals surface area contributed by atoms with Crippen LogP contribution in [-0.4, -0.2) is 34.2 Å². The summed E-state index contributed by atoms with van der Waals surface area (Å²) >= 11 is 0. The Morgan fingerprint density at radius 3 is 2.36 bits per heavy atom. The number of benzene rings is 2. The Morgan fingerprint density at radius 1 is 1.03 bits per heavy atom. The number of hydrogen-bond acceptors (Lipinski definition) is 6. The van der Waals surface area contributed by atoms with Gasteiger partial charge in [-0.15, -0.1) is 0 Å². The number of carboxylic acids is 1. The Balaban J connectivity index is 1.63. The number of hydrogen-bond donors (Lipinski definition) is 4. The van der Waals surface area contributed by atoms with E-state index < -0.39 is 23.9 Å². The lowest BCUT2D eigenvalue weighted by Crippen LogP contribution is -2.44. The van der Waals surface area contributed by atoms with E-state index in [0.717, 1.165) is 0 Å². The van der Waals surface area contributed by atoms with Crippen molar-refractivity contribution >= 4 is 29.3 Å². The highest BCUT2D eigenvalue weighted by Crippen LogP contribution is 2.22. The largest absolute Gasteiger partial charge is 0.480 e. The lowest BCUT2D eigenvalue weighted by molar-refractivity contribution is -0.140. The van der Waals surface area contributed by atoms with Crippen LogP contribution in [0.4, 0.5) is 16.2 Å². The molecule has 10 heteroatoms. The van der Waals surface area contributed by atoms with Gasteiger partial charge in [-0.3, -0.25) is 4.79 Å². The minimum Gasteiger partial charge on any atom is -0.480 e. The number of amides is 3. The summed E-state index contributed by atoms with van der Waals surface area (Å²) in [4.78, 5) is 35.7. The maximum Gasteiger partial charge on any atom is 0.326 e. The fraction of sp³-hybridized carbons (Fsp3) is 0.174. The second-order valence-corrected chi connectivity index (χ2v) is 7.46. The molecule has 0 saturated heterocycles. The van der Waals surface area contributed by atoms with Gasteiger partial charge in [0.1, 0.15) is 11.7 Å². The molecule has 0 aliphatic rings. The van der Waals surface area contributed by atoms with Crippen molar-refractivity contribution in [3.8, 4) is 17.3 Å². The van der Waals surface area contributed by atoms with E-state index in [1.165, 1.54) is 6.07 Å². The molecule has 3 rings (SSSR count). The molecular formula is C23H21N5O5. The molecule has 0 bridgehead atoms. The number of carboxylic acid groups (broad SMARTS) is 1. The molecule has 0 spiro atoms. The van der Waals surface area contributed by atoms with Crippen LogP contribution in [-0.2, 0) is 4.79 Å². The van der Waals surface area contributed by atoms with Crippen LogP contribution in [0.5, 0.6) is 0 Å². The molecule has 10 nitrogen and oxygen atoms in total. The molecule has 0 fully saturated rings. The van der Waals surface area contributed by atoms with Crippen LogP contribution in [0.1, 0.15) is 30.0 Å². The molecule has 0 aliphatic heterocycles. The Labute approximate surface area is 189 Å². The predicted molar refractivity (Wildman–Crippen MR) is 119 cm³/mol. The van der Waals surface area contributed by atoms with Crippen LogP contribution in [0.15, 0.2) is 59.1 Å². The molecule has 1 atom stereocenters. The van der Waals surface area contributed by atoms with E-state index in [1.54, 1.807) is 62.4 Å². The van der Waals surface area contributed by atoms with Crippen molar-refractivity contribution in [1.29, 1.82) is 5.26 Å². The van der Waals surface area contributed by atoms with Crippen molar-refractivity contribution in [2.24, 2.45) is 5.92 Å². The van der Waals surface area contributed by atoms with Gasteiger partial charge in [-0.05, 0) is 36.2 Å². The third-order valence-electron chi connectivity index (χ3n) is 4.64. The Morgan fingerprint density at radius 2 is 1.73 bits per heavy atom. The Bertz CT molecular complexity index is 1210. The number of aromatic nitrogens is 1. The van der Waals surface area contributed by atoms with E-state index in [9.17, 15) is 19.5 Å². The summed E-state index contributed by atoms with van der Waals surface area (Å²) in [7, 11) is 0. The van der Waals surface area contributed by atoms with Gasteiger partial charge in [-0.25, -0.2) is 9.59 Å². The fourth-order valence-corrected chi connectivity index (χ4v) is 2.93. The average molecular weight is 447 g/mol. The van der Waals surface area contributed by atoms with Gasteiger partial charge in [0, 0.05) is 23.0 Å². The third kappa shape index (κ3) is 5.95. The topological polar surface area (TPSA) is 157 Å². The van der Waals surface area contributed by atoms with E-state index >= 15 is 0 Å². The summed E-state index contributed by atoms with van der Waals surface area (Å²) in [6.45, 7) is 3.37. The quantitative estimate of drug-likeness (QED) is 0.430. The van der Waals surface area contributed by atoms with E-state index in [1.807, 2.05) is 6.07 Å². The number of carbonyl (C=O) groups is 3. The normalized spacial score (nSPS) is 11.3. The summed E-state index contributed by atoms with van der Waals surface area (Å²) in [6.07, 6.45) is 0. The van der Waals surface area contributed by atoms with Gasteiger partial charge in [0.2, 0.25) is 5.76 Å². The number of anilines is 2. The van der Waals surface area contributed by atoms with Gasteiger partial charge in [0.25, 0.3) is 5.91 Å². The highest BCUT2D eigenvalue weighted by molar-refractivity contribution is 6.00. The van der Waals surface area contributed by atoms with Crippen LogP contribution in [0, 0.1) is 17.2 Å². The maximum atomic E-state index is 12.3. The molecule has 1 aromatic heterocycles. The number of carbonyl (C=O) groups excluding carboxylic acids is 2. The first-order chi connectivity index (χ1) is 15.8.